The predicted molar refractivity (Wildman–Crippen MR) is 121 cm³/mol. The summed E-state index contributed by atoms with van der Waals surface area (Å²) in [5.41, 5.74) is 0.516. The summed E-state index contributed by atoms with van der Waals surface area (Å²) < 4.78 is 40.5. The van der Waals surface area contributed by atoms with Crippen LogP contribution in [0.3, 0.4) is 0 Å². The summed E-state index contributed by atoms with van der Waals surface area (Å²) in [6.07, 6.45) is 0.901. The molecule has 0 bridgehead atoms. The molecular formula is C21H25BrFN3O4S. The predicted octanol–water partition coefficient (Wildman–Crippen LogP) is 2.91. The Labute approximate surface area is 190 Å². The SMILES string of the molecule is CCNC(=O)C(C)N(Cc1cccc(Br)c1)C(=O)CN(c1ccccc1F)S(C)(=O)=O. The molecule has 2 amide bonds. The molecule has 2 aromatic rings. The lowest BCUT2D eigenvalue weighted by molar-refractivity contribution is -0.139. The third-order valence-electron chi connectivity index (χ3n) is 4.56. The van der Waals surface area contributed by atoms with Crippen LogP contribution >= 0.6 is 15.9 Å². The van der Waals surface area contributed by atoms with Crippen molar-refractivity contribution in [2.45, 2.75) is 26.4 Å². The smallest absolute Gasteiger partial charge is 0.244 e. The van der Waals surface area contributed by atoms with Crippen molar-refractivity contribution in [2.75, 3.05) is 23.7 Å². The van der Waals surface area contributed by atoms with Crippen molar-refractivity contribution in [3.8, 4) is 0 Å². The Morgan fingerprint density at radius 3 is 2.42 bits per heavy atom. The Hall–Kier alpha value is -2.46. The largest absolute Gasteiger partial charge is 0.355 e. The van der Waals surface area contributed by atoms with Gasteiger partial charge >= 0.3 is 0 Å². The van der Waals surface area contributed by atoms with E-state index >= 15 is 0 Å². The molecule has 1 atom stereocenters. The first-order valence-electron chi connectivity index (χ1n) is 9.58. The number of hydrogen-bond donors (Lipinski definition) is 1. The quantitative estimate of drug-likeness (QED) is 0.558. The number of likely N-dealkylation sites (N-methyl/N-ethyl adjacent to an activating group) is 1. The highest BCUT2D eigenvalue weighted by Gasteiger charge is 2.30. The first-order valence-corrected chi connectivity index (χ1v) is 12.2. The molecule has 0 aliphatic heterocycles. The molecule has 1 N–H and O–H groups in total. The summed E-state index contributed by atoms with van der Waals surface area (Å²) in [6.45, 7) is 3.14. The van der Waals surface area contributed by atoms with Gasteiger partial charge in [-0.05, 0) is 43.7 Å². The van der Waals surface area contributed by atoms with E-state index in [-0.39, 0.29) is 18.1 Å². The maximum absolute atomic E-state index is 14.3. The molecule has 0 saturated carbocycles. The lowest BCUT2D eigenvalue weighted by atomic mass is 10.1. The van der Waals surface area contributed by atoms with Gasteiger partial charge in [0.15, 0.2) is 0 Å². The van der Waals surface area contributed by atoms with Crippen molar-refractivity contribution in [1.82, 2.24) is 10.2 Å². The van der Waals surface area contributed by atoms with Crippen LogP contribution in [0.15, 0.2) is 53.0 Å². The molecule has 0 heterocycles. The normalized spacial score (nSPS) is 12.2. The zero-order valence-corrected chi connectivity index (χ0v) is 19.9. The van der Waals surface area contributed by atoms with E-state index in [1.165, 1.54) is 23.1 Å². The standard InChI is InChI=1S/C21H25BrFN3O4S/c1-4-24-21(28)15(2)25(13-16-8-7-9-17(22)12-16)20(27)14-26(31(3,29)30)19-11-6-5-10-18(19)23/h5-12,15H,4,13-14H2,1-3H3,(H,24,28). The molecule has 0 saturated heterocycles. The number of halogens is 2. The summed E-state index contributed by atoms with van der Waals surface area (Å²) in [7, 11) is -3.97. The third-order valence-corrected chi connectivity index (χ3v) is 6.18. The molecule has 10 heteroatoms. The van der Waals surface area contributed by atoms with Crippen molar-refractivity contribution in [2.24, 2.45) is 0 Å². The van der Waals surface area contributed by atoms with Gasteiger partial charge in [0.1, 0.15) is 18.4 Å². The maximum atomic E-state index is 14.3. The zero-order chi connectivity index (χ0) is 23.2. The van der Waals surface area contributed by atoms with Crippen molar-refractivity contribution >= 4 is 43.5 Å². The molecule has 0 radical (unpaired) electrons. The summed E-state index contributed by atoms with van der Waals surface area (Å²) in [4.78, 5) is 27.0. The molecule has 0 fully saturated rings. The van der Waals surface area contributed by atoms with Crippen LogP contribution in [0.1, 0.15) is 19.4 Å². The molecule has 1 unspecified atom stereocenters. The number of amides is 2. The van der Waals surface area contributed by atoms with Crippen LogP contribution in [0.5, 0.6) is 0 Å². The average Bonchev–Trinajstić information content (AvgIpc) is 2.69. The lowest BCUT2D eigenvalue weighted by Crippen LogP contribution is -2.51. The van der Waals surface area contributed by atoms with Gasteiger partial charge in [0.25, 0.3) is 0 Å². The molecule has 2 aromatic carbocycles. The molecule has 168 valence electrons. The van der Waals surface area contributed by atoms with E-state index in [9.17, 15) is 22.4 Å². The van der Waals surface area contributed by atoms with Gasteiger partial charge in [-0.3, -0.25) is 13.9 Å². The Bertz CT molecular complexity index is 1050. The summed E-state index contributed by atoms with van der Waals surface area (Å²) in [5.74, 6) is -1.77. The van der Waals surface area contributed by atoms with Gasteiger partial charge in [-0.15, -0.1) is 0 Å². The van der Waals surface area contributed by atoms with Crippen LogP contribution in [0.25, 0.3) is 0 Å². The van der Waals surface area contributed by atoms with Crippen LogP contribution in [-0.4, -0.2) is 50.5 Å². The molecule has 0 spiro atoms. The van der Waals surface area contributed by atoms with Crippen molar-refractivity contribution < 1.29 is 22.4 Å². The van der Waals surface area contributed by atoms with Crippen molar-refractivity contribution in [3.05, 3.63) is 64.4 Å². The van der Waals surface area contributed by atoms with Gasteiger partial charge in [0.05, 0.1) is 11.9 Å². The molecular weight excluding hydrogens is 489 g/mol. The highest BCUT2D eigenvalue weighted by atomic mass is 79.9. The summed E-state index contributed by atoms with van der Waals surface area (Å²) in [6, 6.07) is 11.7. The summed E-state index contributed by atoms with van der Waals surface area (Å²) >= 11 is 3.37. The Morgan fingerprint density at radius 1 is 1.16 bits per heavy atom. The van der Waals surface area contributed by atoms with E-state index in [2.05, 4.69) is 21.2 Å². The average molecular weight is 514 g/mol. The summed E-state index contributed by atoms with van der Waals surface area (Å²) in [5, 5.41) is 2.67. The van der Waals surface area contributed by atoms with E-state index in [0.717, 1.165) is 22.4 Å². The van der Waals surface area contributed by atoms with Crippen LogP contribution in [0, 0.1) is 5.82 Å². The Kier molecular flexibility index (Phi) is 8.58. The van der Waals surface area contributed by atoms with Crippen LogP contribution in [0.4, 0.5) is 10.1 Å². The molecule has 0 aliphatic rings. The van der Waals surface area contributed by atoms with Gasteiger partial charge in [-0.2, -0.15) is 0 Å². The fourth-order valence-corrected chi connectivity index (χ4v) is 4.28. The first-order chi connectivity index (χ1) is 14.5. The highest BCUT2D eigenvalue weighted by molar-refractivity contribution is 9.10. The molecule has 0 aliphatic carbocycles. The number of carbonyl (C=O) groups is 2. The van der Waals surface area contributed by atoms with Crippen molar-refractivity contribution in [1.29, 1.82) is 0 Å². The van der Waals surface area contributed by atoms with Crippen LogP contribution < -0.4 is 9.62 Å². The highest BCUT2D eigenvalue weighted by Crippen LogP contribution is 2.22. The number of rotatable bonds is 9. The molecule has 7 nitrogen and oxygen atoms in total. The molecule has 2 rings (SSSR count). The lowest BCUT2D eigenvalue weighted by Gasteiger charge is -2.31. The van der Waals surface area contributed by atoms with Gasteiger partial charge in [-0.25, -0.2) is 12.8 Å². The number of nitrogens with one attached hydrogen (secondary N) is 1. The van der Waals surface area contributed by atoms with Crippen LogP contribution in [0.2, 0.25) is 0 Å². The maximum Gasteiger partial charge on any atom is 0.244 e. The fraction of sp³-hybridized carbons (Fsp3) is 0.333. The molecule has 31 heavy (non-hydrogen) atoms. The number of nitrogens with zero attached hydrogens (tertiary/aromatic N) is 2. The van der Waals surface area contributed by atoms with Gasteiger partial charge in [0, 0.05) is 17.6 Å². The minimum Gasteiger partial charge on any atom is -0.355 e. The van der Waals surface area contributed by atoms with E-state index < -0.39 is 34.3 Å². The topological polar surface area (TPSA) is 86.8 Å². The number of carbonyl (C=O) groups excluding carboxylic acids is 2. The van der Waals surface area contributed by atoms with E-state index in [4.69, 9.17) is 0 Å². The van der Waals surface area contributed by atoms with Crippen LogP contribution in [-0.2, 0) is 26.2 Å². The third kappa shape index (κ3) is 6.76. The van der Waals surface area contributed by atoms with Gasteiger partial charge in [-0.1, -0.05) is 40.2 Å². The zero-order valence-electron chi connectivity index (χ0n) is 17.5. The Balaban J connectivity index is 2.40. The second kappa shape index (κ2) is 10.7. The number of sulfonamides is 1. The second-order valence-electron chi connectivity index (χ2n) is 6.94. The van der Waals surface area contributed by atoms with E-state index in [0.29, 0.717) is 10.8 Å². The van der Waals surface area contributed by atoms with E-state index in [1.54, 1.807) is 32.0 Å². The number of hydrogen-bond acceptors (Lipinski definition) is 4. The number of para-hydroxylation sites is 1. The number of anilines is 1. The van der Waals surface area contributed by atoms with Gasteiger partial charge in [0.2, 0.25) is 21.8 Å². The van der Waals surface area contributed by atoms with Crippen molar-refractivity contribution in [3.63, 3.8) is 0 Å². The monoisotopic (exact) mass is 513 g/mol. The minimum atomic E-state index is -3.97. The fourth-order valence-electron chi connectivity index (χ4n) is 2.99. The number of benzene rings is 2. The van der Waals surface area contributed by atoms with Gasteiger partial charge < -0.3 is 10.2 Å². The van der Waals surface area contributed by atoms with E-state index in [1.807, 2.05) is 6.07 Å². The molecule has 0 aromatic heterocycles. The second-order valence-corrected chi connectivity index (χ2v) is 9.77. The Morgan fingerprint density at radius 2 is 1.84 bits per heavy atom. The minimum absolute atomic E-state index is 0.0748. The first kappa shape index (κ1) is 24.8.